The highest BCUT2D eigenvalue weighted by Crippen LogP contribution is 2.18. The lowest BCUT2D eigenvalue weighted by molar-refractivity contribution is 0.112. The number of hydrogen-bond acceptors (Lipinski definition) is 2. The van der Waals surface area contributed by atoms with Gasteiger partial charge in [0.2, 0.25) is 0 Å². The lowest BCUT2D eigenvalue weighted by atomic mass is 10.1. The molecule has 0 atom stereocenters. The number of carbonyl (C=O) groups is 1. The van der Waals surface area contributed by atoms with Crippen LogP contribution in [0.4, 0.5) is 0 Å². The second-order valence-corrected chi connectivity index (χ2v) is 2.91. The van der Waals surface area contributed by atoms with E-state index < -0.39 is 0 Å². The van der Waals surface area contributed by atoms with E-state index in [2.05, 4.69) is 0 Å². The zero-order valence-electron chi connectivity index (χ0n) is 7.03. The minimum atomic E-state index is 0.449. The average Bonchev–Trinajstić information content (AvgIpc) is 2.15. The molecule has 13 heavy (non-hydrogen) atoms. The number of hydrogen-bond donors (Lipinski definition) is 1. The standard InChI is InChI=1S/C10H10ClNO/c11-10-5-1-3-8(4-2-6-12)9(10)7-13/h1-5,7H,6,12H2. The van der Waals surface area contributed by atoms with Crippen LogP contribution in [-0.2, 0) is 0 Å². The molecule has 0 saturated carbocycles. The molecule has 0 aliphatic rings. The monoisotopic (exact) mass is 195 g/mol. The smallest absolute Gasteiger partial charge is 0.152 e. The van der Waals surface area contributed by atoms with Gasteiger partial charge in [0.05, 0.1) is 5.02 Å². The Morgan fingerprint density at radius 2 is 2.23 bits per heavy atom. The first-order valence-corrected chi connectivity index (χ1v) is 4.27. The van der Waals surface area contributed by atoms with E-state index in [-0.39, 0.29) is 0 Å². The van der Waals surface area contributed by atoms with Crippen LogP contribution in [0.25, 0.3) is 6.08 Å². The van der Waals surface area contributed by atoms with Gasteiger partial charge in [0, 0.05) is 12.1 Å². The van der Waals surface area contributed by atoms with E-state index in [1.165, 1.54) is 0 Å². The molecule has 0 radical (unpaired) electrons. The van der Waals surface area contributed by atoms with Gasteiger partial charge in [0.1, 0.15) is 0 Å². The van der Waals surface area contributed by atoms with Crippen LogP contribution in [0.5, 0.6) is 0 Å². The summed E-state index contributed by atoms with van der Waals surface area (Å²) in [4.78, 5) is 10.7. The fraction of sp³-hybridized carbons (Fsp3) is 0.100. The van der Waals surface area contributed by atoms with Gasteiger partial charge >= 0.3 is 0 Å². The van der Waals surface area contributed by atoms with E-state index in [0.29, 0.717) is 17.1 Å². The predicted octanol–water partition coefficient (Wildman–Crippen LogP) is 2.12. The summed E-state index contributed by atoms with van der Waals surface area (Å²) >= 11 is 5.81. The second kappa shape index (κ2) is 4.80. The highest BCUT2D eigenvalue weighted by Gasteiger charge is 2.01. The van der Waals surface area contributed by atoms with Crippen molar-refractivity contribution < 1.29 is 4.79 Å². The maximum atomic E-state index is 10.7. The first-order chi connectivity index (χ1) is 6.29. The number of halogens is 1. The SMILES string of the molecule is NCC=Cc1cccc(Cl)c1C=O. The number of aldehydes is 1. The molecule has 1 aromatic rings. The molecule has 0 amide bonds. The van der Waals surface area contributed by atoms with Crippen LogP contribution in [0.15, 0.2) is 24.3 Å². The Morgan fingerprint density at radius 3 is 2.85 bits per heavy atom. The number of benzene rings is 1. The molecule has 0 aromatic heterocycles. The maximum Gasteiger partial charge on any atom is 0.152 e. The largest absolute Gasteiger partial charge is 0.327 e. The molecule has 0 spiro atoms. The number of rotatable bonds is 3. The molecule has 0 fully saturated rings. The van der Waals surface area contributed by atoms with Crippen LogP contribution in [0, 0.1) is 0 Å². The van der Waals surface area contributed by atoms with Gasteiger partial charge in [-0.15, -0.1) is 0 Å². The van der Waals surface area contributed by atoms with E-state index >= 15 is 0 Å². The minimum Gasteiger partial charge on any atom is -0.327 e. The van der Waals surface area contributed by atoms with Crippen molar-refractivity contribution in [3.8, 4) is 0 Å². The van der Waals surface area contributed by atoms with Crippen molar-refractivity contribution in [2.75, 3.05) is 6.54 Å². The minimum absolute atomic E-state index is 0.449. The first-order valence-electron chi connectivity index (χ1n) is 3.90. The topological polar surface area (TPSA) is 43.1 Å². The van der Waals surface area contributed by atoms with Crippen molar-refractivity contribution in [1.29, 1.82) is 0 Å². The van der Waals surface area contributed by atoms with Crippen molar-refractivity contribution >= 4 is 24.0 Å². The Labute approximate surface area is 82.0 Å². The summed E-state index contributed by atoms with van der Waals surface area (Å²) in [5.41, 5.74) is 6.61. The number of nitrogens with two attached hydrogens (primary N) is 1. The van der Waals surface area contributed by atoms with E-state index in [1.807, 2.05) is 6.07 Å². The summed E-state index contributed by atoms with van der Waals surface area (Å²) in [6.45, 7) is 0.449. The zero-order chi connectivity index (χ0) is 9.68. The normalized spacial score (nSPS) is 10.6. The molecule has 0 heterocycles. The van der Waals surface area contributed by atoms with Gasteiger partial charge in [-0.3, -0.25) is 4.79 Å². The van der Waals surface area contributed by atoms with E-state index in [0.717, 1.165) is 11.8 Å². The Hall–Kier alpha value is -1.12. The van der Waals surface area contributed by atoms with E-state index in [1.54, 1.807) is 24.3 Å². The van der Waals surface area contributed by atoms with Gasteiger partial charge in [-0.25, -0.2) is 0 Å². The van der Waals surface area contributed by atoms with Crippen molar-refractivity contribution in [2.45, 2.75) is 0 Å². The molecule has 1 aromatic carbocycles. The van der Waals surface area contributed by atoms with Gasteiger partial charge in [-0.2, -0.15) is 0 Å². The van der Waals surface area contributed by atoms with Crippen LogP contribution in [-0.4, -0.2) is 12.8 Å². The fourth-order valence-corrected chi connectivity index (χ4v) is 1.24. The molecule has 2 N–H and O–H groups in total. The van der Waals surface area contributed by atoms with Crippen LogP contribution in [0.1, 0.15) is 15.9 Å². The maximum absolute atomic E-state index is 10.7. The van der Waals surface area contributed by atoms with E-state index in [4.69, 9.17) is 17.3 Å². The quantitative estimate of drug-likeness (QED) is 0.751. The average molecular weight is 196 g/mol. The van der Waals surface area contributed by atoms with Gasteiger partial charge in [-0.05, 0) is 11.6 Å². The summed E-state index contributed by atoms with van der Waals surface area (Å²) in [6, 6.07) is 5.30. The molecule has 0 aliphatic heterocycles. The molecule has 0 aliphatic carbocycles. The van der Waals surface area contributed by atoms with Crippen molar-refractivity contribution in [1.82, 2.24) is 0 Å². The molecular weight excluding hydrogens is 186 g/mol. The van der Waals surface area contributed by atoms with Crippen LogP contribution in [0.2, 0.25) is 5.02 Å². The third-order valence-electron chi connectivity index (χ3n) is 1.64. The van der Waals surface area contributed by atoms with Crippen molar-refractivity contribution in [2.24, 2.45) is 5.73 Å². The highest BCUT2D eigenvalue weighted by atomic mass is 35.5. The Balaban J connectivity index is 3.12. The molecular formula is C10H10ClNO. The van der Waals surface area contributed by atoms with Crippen LogP contribution in [0.3, 0.4) is 0 Å². The molecule has 3 heteroatoms. The Kier molecular flexibility index (Phi) is 3.68. The second-order valence-electron chi connectivity index (χ2n) is 2.50. The molecule has 68 valence electrons. The van der Waals surface area contributed by atoms with Crippen LogP contribution < -0.4 is 5.73 Å². The third-order valence-corrected chi connectivity index (χ3v) is 1.97. The Bertz CT molecular complexity index is 334. The number of carbonyl (C=O) groups excluding carboxylic acids is 1. The molecule has 0 bridgehead atoms. The zero-order valence-corrected chi connectivity index (χ0v) is 7.79. The highest BCUT2D eigenvalue weighted by molar-refractivity contribution is 6.33. The summed E-state index contributed by atoms with van der Waals surface area (Å²) in [7, 11) is 0. The fourth-order valence-electron chi connectivity index (χ4n) is 1.02. The summed E-state index contributed by atoms with van der Waals surface area (Å²) in [5.74, 6) is 0. The summed E-state index contributed by atoms with van der Waals surface area (Å²) in [5, 5.41) is 0.467. The van der Waals surface area contributed by atoms with Crippen molar-refractivity contribution in [3.63, 3.8) is 0 Å². The predicted molar refractivity (Wildman–Crippen MR) is 54.9 cm³/mol. The van der Waals surface area contributed by atoms with Gasteiger partial charge < -0.3 is 5.73 Å². The van der Waals surface area contributed by atoms with Crippen LogP contribution >= 0.6 is 11.6 Å². The lowest BCUT2D eigenvalue weighted by Gasteiger charge is -2.00. The molecule has 2 nitrogen and oxygen atoms in total. The van der Waals surface area contributed by atoms with Gasteiger partial charge in [0.25, 0.3) is 0 Å². The summed E-state index contributed by atoms with van der Waals surface area (Å²) < 4.78 is 0. The Morgan fingerprint density at radius 1 is 1.46 bits per heavy atom. The van der Waals surface area contributed by atoms with Crippen molar-refractivity contribution in [3.05, 3.63) is 40.4 Å². The van der Waals surface area contributed by atoms with Gasteiger partial charge in [0.15, 0.2) is 6.29 Å². The third kappa shape index (κ3) is 2.41. The van der Waals surface area contributed by atoms with Gasteiger partial charge in [-0.1, -0.05) is 35.9 Å². The molecule has 0 saturated heterocycles. The van der Waals surface area contributed by atoms with E-state index in [9.17, 15) is 4.79 Å². The lowest BCUT2D eigenvalue weighted by Crippen LogP contribution is -1.93. The summed E-state index contributed by atoms with van der Waals surface area (Å²) in [6.07, 6.45) is 4.31. The first kappa shape index (κ1) is 9.96. The molecule has 0 unspecified atom stereocenters. The molecule has 1 rings (SSSR count).